The van der Waals surface area contributed by atoms with E-state index in [4.69, 9.17) is 15.5 Å². The summed E-state index contributed by atoms with van der Waals surface area (Å²) in [5.41, 5.74) is 6.14. The molecule has 1 aromatic carbocycles. The Bertz CT molecular complexity index is 618. The molecule has 1 aromatic rings. The van der Waals surface area contributed by atoms with E-state index in [1.165, 1.54) is 13.0 Å². The van der Waals surface area contributed by atoms with Crippen LogP contribution in [0.2, 0.25) is 0 Å². The van der Waals surface area contributed by atoms with Gasteiger partial charge < -0.3 is 26.0 Å². The highest BCUT2D eigenvalue weighted by Gasteiger charge is 2.19. The molecule has 0 atom stereocenters. The van der Waals surface area contributed by atoms with Crippen LogP contribution in [0.25, 0.3) is 0 Å². The molecule has 1 aliphatic heterocycles. The van der Waals surface area contributed by atoms with E-state index in [9.17, 15) is 4.79 Å². The molecular formula is C20H34IN5O2. The molecule has 0 saturated carbocycles. The third-order valence-corrected chi connectivity index (χ3v) is 4.51. The zero-order chi connectivity index (χ0) is 19.5. The topological polar surface area (TPSA) is 92.0 Å². The van der Waals surface area contributed by atoms with Gasteiger partial charge in [0.2, 0.25) is 0 Å². The Hall–Kier alpha value is -1.55. The van der Waals surface area contributed by atoms with Gasteiger partial charge in [-0.1, -0.05) is 19.1 Å². The van der Waals surface area contributed by atoms with Crippen LogP contribution in [0.15, 0.2) is 29.3 Å². The number of amides is 1. The highest BCUT2D eigenvalue weighted by molar-refractivity contribution is 14.0. The Labute approximate surface area is 185 Å². The van der Waals surface area contributed by atoms with E-state index in [2.05, 4.69) is 29.4 Å². The molecule has 28 heavy (non-hydrogen) atoms. The Morgan fingerprint density at radius 2 is 2.07 bits per heavy atom. The van der Waals surface area contributed by atoms with Gasteiger partial charge in [0, 0.05) is 25.7 Å². The number of rotatable bonds is 9. The molecule has 0 aliphatic carbocycles. The Balaban J connectivity index is 0.00000392. The van der Waals surface area contributed by atoms with Crippen LogP contribution in [0.5, 0.6) is 5.75 Å². The summed E-state index contributed by atoms with van der Waals surface area (Å²) in [6.45, 7) is 9.02. The average molecular weight is 503 g/mol. The molecule has 1 fully saturated rings. The minimum absolute atomic E-state index is 0. The van der Waals surface area contributed by atoms with E-state index in [1.807, 2.05) is 24.3 Å². The lowest BCUT2D eigenvalue weighted by Gasteiger charge is -2.32. The summed E-state index contributed by atoms with van der Waals surface area (Å²) in [5.74, 6) is 0.986. The largest absolute Gasteiger partial charge is 0.484 e. The fraction of sp³-hybridized carbons (Fsp3) is 0.600. The first-order chi connectivity index (χ1) is 13.1. The number of aliphatic imine (C=N–C) groups is 1. The lowest BCUT2D eigenvalue weighted by molar-refractivity contribution is -0.119. The van der Waals surface area contributed by atoms with Crippen LogP contribution in [-0.2, 0) is 11.3 Å². The van der Waals surface area contributed by atoms with E-state index >= 15 is 0 Å². The molecule has 7 nitrogen and oxygen atoms in total. The summed E-state index contributed by atoms with van der Waals surface area (Å²) in [6.07, 6.45) is 3.49. The van der Waals surface area contributed by atoms with Crippen LogP contribution in [-0.4, -0.2) is 55.6 Å². The maximum atomic E-state index is 10.8. The summed E-state index contributed by atoms with van der Waals surface area (Å²) in [7, 11) is 0. The summed E-state index contributed by atoms with van der Waals surface area (Å²) >= 11 is 0. The summed E-state index contributed by atoms with van der Waals surface area (Å²) in [4.78, 5) is 18.1. The number of nitrogens with two attached hydrogens (primary N) is 1. The van der Waals surface area contributed by atoms with Gasteiger partial charge in [-0.15, -0.1) is 24.0 Å². The van der Waals surface area contributed by atoms with Crippen molar-refractivity contribution in [3.8, 4) is 5.75 Å². The normalized spacial score (nSPS) is 15.6. The first kappa shape index (κ1) is 24.5. The molecule has 1 heterocycles. The van der Waals surface area contributed by atoms with E-state index in [0.717, 1.165) is 44.0 Å². The molecule has 0 aromatic heterocycles. The molecule has 4 N–H and O–H groups in total. The van der Waals surface area contributed by atoms with Crippen molar-refractivity contribution < 1.29 is 9.53 Å². The first-order valence-corrected chi connectivity index (χ1v) is 9.88. The number of hydrogen-bond donors (Lipinski definition) is 3. The molecule has 158 valence electrons. The number of guanidine groups is 1. The Morgan fingerprint density at radius 1 is 1.32 bits per heavy atom. The fourth-order valence-electron chi connectivity index (χ4n) is 3.19. The maximum absolute atomic E-state index is 10.8. The molecule has 8 heteroatoms. The third kappa shape index (κ3) is 9.09. The van der Waals surface area contributed by atoms with Crippen molar-refractivity contribution in [1.82, 2.24) is 15.5 Å². The second-order valence-electron chi connectivity index (χ2n) is 6.86. The van der Waals surface area contributed by atoms with Crippen LogP contribution in [0, 0.1) is 0 Å². The minimum atomic E-state index is -0.484. The number of hydrogen-bond acceptors (Lipinski definition) is 4. The molecule has 1 aliphatic rings. The lowest BCUT2D eigenvalue weighted by Crippen LogP contribution is -2.48. The monoisotopic (exact) mass is 503 g/mol. The number of nitrogens with one attached hydrogen (secondary N) is 2. The zero-order valence-electron chi connectivity index (χ0n) is 16.9. The van der Waals surface area contributed by atoms with Crippen LogP contribution >= 0.6 is 24.0 Å². The SMILES string of the molecule is CCCN1CCC(NC(=NCc2cccc(OCC(N)=O)c2)NCC)CC1.I. The molecule has 2 rings (SSSR count). The maximum Gasteiger partial charge on any atom is 0.255 e. The number of primary amides is 1. The zero-order valence-corrected chi connectivity index (χ0v) is 19.3. The van der Waals surface area contributed by atoms with Crippen molar-refractivity contribution in [3.05, 3.63) is 29.8 Å². The highest BCUT2D eigenvalue weighted by Crippen LogP contribution is 2.14. The van der Waals surface area contributed by atoms with Crippen molar-refractivity contribution in [2.24, 2.45) is 10.7 Å². The van der Waals surface area contributed by atoms with Crippen molar-refractivity contribution in [2.45, 2.75) is 45.7 Å². The molecule has 0 radical (unpaired) electrons. The van der Waals surface area contributed by atoms with Gasteiger partial charge in [0.05, 0.1) is 6.54 Å². The standard InChI is InChI=1S/C20H33N5O2.HI/c1-3-10-25-11-8-17(9-12-25)24-20(22-4-2)23-14-16-6-5-7-18(13-16)27-15-19(21)26;/h5-7,13,17H,3-4,8-12,14-15H2,1-2H3,(H2,21,26)(H2,22,23,24);1H. The minimum Gasteiger partial charge on any atom is -0.484 e. The molecule has 0 bridgehead atoms. The molecule has 1 amide bonds. The second-order valence-corrected chi connectivity index (χ2v) is 6.86. The number of likely N-dealkylation sites (tertiary alicyclic amines) is 1. The fourth-order valence-corrected chi connectivity index (χ4v) is 3.19. The number of ether oxygens (including phenoxy) is 1. The first-order valence-electron chi connectivity index (χ1n) is 9.88. The van der Waals surface area contributed by atoms with Gasteiger partial charge in [0.1, 0.15) is 5.75 Å². The Kier molecular flexibility index (Phi) is 11.9. The predicted octanol–water partition coefficient (Wildman–Crippen LogP) is 2.10. The summed E-state index contributed by atoms with van der Waals surface area (Å²) in [5, 5.41) is 6.89. The summed E-state index contributed by atoms with van der Waals surface area (Å²) in [6, 6.07) is 8.04. The van der Waals surface area contributed by atoms with Crippen LogP contribution in [0.1, 0.15) is 38.7 Å². The van der Waals surface area contributed by atoms with Gasteiger partial charge >= 0.3 is 0 Å². The van der Waals surface area contributed by atoms with Gasteiger partial charge in [-0.2, -0.15) is 0 Å². The van der Waals surface area contributed by atoms with Gasteiger partial charge in [0.15, 0.2) is 12.6 Å². The van der Waals surface area contributed by atoms with Crippen molar-refractivity contribution in [3.63, 3.8) is 0 Å². The van der Waals surface area contributed by atoms with Gasteiger partial charge in [-0.05, 0) is 50.4 Å². The Morgan fingerprint density at radius 3 is 2.71 bits per heavy atom. The number of halogens is 1. The van der Waals surface area contributed by atoms with Gasteiger partial charge in [0.25, 0.3) is 5.91 Å². The van der Waals surface area contributed by atoms with Crippen LogP contribution in [0.3, 0.4) is 0 Å². The average Bonchev–Trinajstić information content (AvgIpc) is 2.67. The quantitative estimate of drug-likeness (QED) is 0.273. The van der Waals surface area contributed by atoms with Crippen LogP contribution < -0.4 is 21.1 Å². The number of carbonyl (C=O) groups is 1. The molecular weight excluding hydrogens is 469 g/mol. The van der Waals surface area contributed by atoms with Gasteiger partial charge in [-0.3, -0.25) is 4.79 Å². The smallest absolute Gasteiger partial charge is 0.255 e. The number of carbonyl (C=O) groups excluding carboxylic acids is 1. The molecule has 1 saturated heterocycles. The highest BCUT2D eigenvalue weighted by atomic mass is 127. The predicted molar refractivity (Wildman–Crippen MR) is 124 cm³/mol. The second kappa shape index (κ2) is 13.6. The number of benzene rings is 1. The third-order valence-electron chi connectivity index (χ3n) is 4.51. The molecule has 0 spiro atoms. The van der Waals surface area contributed by atoms with Crippen LogP contribution in [0.4, 0.5) is 0 Å². The molecule has 0 unspecified atom stereocenters. The van der Waals surface area contributed by atoms with E-state index < -0.39 is 5.91 Å². The number of piperidine rings is 1. The lowest BCUT2D eigenvalue weighted by atomic mass is 10.1. The van der Waals surface area contributed by atoms with Crippen molar-refractivity contribution >= 4 is 35.8 Å². The number of nitrogens with zero attached hydrogens (tertiary/aromatic N) is 2. The summed E-state index contributed by atoms with van der Waals surface area (Å²) < 4.78 is 5.35. The van der Waals surface area contributed by atoms with Crippen molar-refractivity contribution in [1.29, 1.82) is 0 Å². The van der Waals surface area contributed by atoms with E-state index in [1.54, 1.807) is 0 Å². The van der Waals surface area contributed by atoms with E-state index in [0.29, 0.717) is 18.3 Å². The van der Waals surface area contributed by atoms with Crippen molar-refractivity contribution in [2.75, 3.05) is 32.8 Å². The van der Waals surface area contributed by atoms with Gasteiger partial charge in [-0.25, -0.2) is 4.99 Å². The van der Waals surface area contributed by atoms with E-state index in [-0.39, 0.29) is 30.6 Å².